The van der Waals surface area contributed by atoms with Crippen LogP contribution in [-0.4, -0.2) is 21.7 Å². The Balaban J connectivity index is 3.91. The van der Waals surface area contributed by atoms with Crippen molar-refractivity contribution in [2.24, 2.45) is 0 Å². The molecule has 1 unspecified atom stereocenters. The van der Waals surface area contributed by atoms with Crippen molar-refractivity contribution in [1.29, 1.82) is 0 Å². The number of aliphatic hydroxyl groups excluding tert-OH is 2. The molecule has 0 bridgehead atoms. The third-order valence-electron chi connectivity index (χ3n) is 4.17. The predicted octanol–water partition coefficient (Wildman–Crippen LogP) is 5.06. The summed E-state index contributed by atoms with van der Waals surface area (Å²) < 4.78 is 0. The molecule has 1 aliphatic heterocycles. The van der Waals surface area contributed by atoms with Gasteiger partial charge >= 0.3 is 0 Å². The van der Waals surface area contributed by atoms with Crippen molar-refractivity contribution < 1.29 is 15.0 Å². The number of carbonyl (C=O) groups excluding carboxylic acids is 1. The number of rotatable bonds is 7. The normalized spacial score (nSPS) is 24.6. The van der Waals surface area contributed by atoms with Crippen LogP contribution in [0.4, 0.5) is 0 Å². The minimum Gasteiger partial charge on any atom is -0.513 e. The topological polar surface area (TPSA) is 69.6 Å². The Labute approximate surface area is 161 Å². The second-order valence-corrected chi connectivity index (χ2v) is 5.93. The van der Waals surface area contributed by atoms with Gasteiger partial charge in [-0.05, 0) is 55.7 Å². The van der Waals surface area contributed by atoms with Crippen LogP contribution in [0.3, 0.4) is 0 Å². The fraction of sp³-hybridized carbons (Fsp3) is 0.174. The summed E-state index contributed by atoms with van der Waals surface area (Å²) in [6, 6.07) is 0. The Bertz CT molecular complexity index is 828. The molecule has 1 atom stereocenters. The Morgan fingerprint density at radius 2 is 1.78 bits per heavy atom. The molecule has 142 valence electrons. The molecule has 4 heteroatoms. The molecule has 0 saturated carbocycles. The van der Waals surface area contributed by atoms with Crippen molar-refractivity contribution >= 4 is 5.91 Å². The van der Waals surface area contributed by atoms with Gasteiger partial charge in [-0.2, -0.15) is 0 Å². The van der Waals surface area contributed by atoms with E-state index in [0.29, 0.717) is 16.7 Å². The van der Waals surface area contributed by atoms with Crippen LogP contribution in [0.2, 0.25) is 0 Å². The van der Waals surface area contributed by atoms with Crippen molar-refractivity contribution in [1.82, 2.24) is 5.32 Å². The van der Waals surface area contributed by atoms with E-state index >= 15 is 0 Å². The number of aliphatic hydroxyl groups is 2. The second-order valence-electron chi connectivity index (χ2n) is 5.93. The van der Waals surface area contributed by atoms with Gasteiger partial charge in [0.15, 0.2) is 0 Å². The predicted molar refractivity (Wildman–Crippen MR) is 112 cm³/mol. The standard InChI is InChI=1S/C23H27NO3/c1-7-11-20-21(10-4)23(24-22(20)27,18(8-2)14-12-16(5)25)19(9-3)15-13-17(6)26/h7-15,25-26H,1-2,6H2,3-5H3,(H,24,27)/b15-13-,16-12+,18-14+,19-9+,20-11+,21-10+. The summed E-state index contributed by atoms with van der Waals surface area (Å²) in [5.41, 5.74) is 1.55. The maximum Gasteiger partial charge on any atom is 0.252 e. The highest BCUT2D eigenvalue weighted by atomic mass is 16.3. The Hall–Kier alpha value is -3.27. The molecule has 0 aromatic carbocycles. The zero-order valence-corrected chi connectivity index (χ0v) is 16.1. The highest BCUT2D eigenvalue weighted by Crippen LogP contribution is 2.43. The van der Waals surface area contributed by atoms with Crippen LogP contribution in [0.1, 0.15) is 20.8 Å². The first-order valence-electron chi connectivity index (χ1n) is 8.54. The third kappa shape index (κ3) is 4.47. The summed E-state index contributed by atoms with van der Waals surface area (Å²) in [6.07, 6.45) is 14.9. The van der Waals surface area contributed by atoms with Crippen molar-refractivity contribution in [3.63, 3.8) is 0 Å². The van der Waals surface area contributed by atoms with Crippen molar-refractivity contribution in [2.45, 2.75) is 26.3 Å². The number of hydrogen-bond acceptors (Lipinski definition) is 3. The molecule has 0 spiro atoms. The van der Waals surface area contributed by atoms with Gasteiger partial charge in [-0.3, -0.25) is 4.79 Å². The fourth-order valence-electron chi connectivity index (χ4n) is 3.09. The van der Waals surface area contributed by atoms with E-state index in [2.05, 4.69) is 25.1 Å². The Morgan fingerprint density at radius 1 is 1.11 bits per heavy atom. The Morgan fingerprint density at radius 3 is 2.22 bits per heavy atom. The first-order chi connectivity index (χ1) is 12.8. The van der Waals surface area contributed by atoms with E-state index in [1.165, 1.54) is 12.2 Å². The first kappa shape index (κ1) is 21.8. The van der Waals surface area contributed by atoms with Crippen LogP contribution in [0.25, 0.3) is 0 Å². The van der Waals surface area contributed by atoms with Crippen LogP contribution in [0, 0.1) is 0 Å². The number of hydrogen-bond donors (Lipinski definition) is 3. The van der Waals surface area contributed by atoms with E-state index < -0.39 is 5.54 Å². The van der Waals surface area contributed by atoms with Gasteiger partial charge < -0.3 is 15.5 Å². The lowest BCUT2D eigenvalue weighted by molar-refractivity contribution is -0.116. The van der Waals surface area contributed by atoms with Gasteiger partial charge in [0, 0.05) is 5.57 Å². The lowest BCUT2D eigenvalue weighted by Gasteiger charge is -2.34. The first-order valence-corrected chi connectivity index (χ1v) is 8.54. The zero-order chi connectivity index (χ0) is 20.6. The molecule has 1 rings (SSSR count). The quantitative estimate of drug-likeness (QED) is 0.335. The maximum absolute atomic E-state index is 12.8. The van der Waals surface area contributed by atoms with Crippen LogP contribution in [0.5, 0.6) is 0 Å². The molecule has 1 amide bonds. The van der Waals surface area contributed by atoms with Crippen molar-refractivity contribution in [3.8, 4) is 0 Å². The third-order valence-corrected chi connectivity index (χ3v) is 4.17. The van der Waals surface area contributed by atoms with Crippen LogP contribution >= 0.6 is 0 Å². The molecule has 1 heterocycles. The van der Waals surface area contributed by atoms with Gasteiger partial charge in [0.2, 0.25) is 0 Å². The molecule has 0 radical (unpaired) electrons. The largest absolute Gasteiger partial charge is 0.513 e. The van der Waals surface area contributed by atoms with Gasteiger partial charge in [0.25, 0.3) is 5.91 Å². The van der Waals surface area contributed by atoms with Gasteiger partial charge in [-0.25, -0.2) is 0 Å². The number of carbonyl (C=O) groups is 1. The monoisotopic (exact) mass is 365 g/mol. The number of allylic oxidation sites excluding steroid dienone is 8. The van der Waals surface area contributed by atoms with E-state index in [1.54, 1.807) is 37.3 Å². The summed E-state index contributed by atoms with van der Waals surface area (Å²) >= 11 is 0. The molecular weight excluding hydrogens is 338 g/mol. The minimum absolute atomic E-state index is 0.104. The van der Waals surface area contributed by atoms with Crippen molar-refractivity contribution in [2.75, 3.05) is 0 Å². The summed E-state index contributed by atoms with van der Waals surface area (Å²) in [6.45, 7) is 16.3. The number of nitrogens with one attached hydrogen (secondary N) is 1. The molecule has 0 aliphatic carbocycles. The smallest absolute Gasteiger partial charge is 0.252 e. The van der Waals surface area contributed by atoms with Crippen LogP contribution < -0.4 is 5.32 Å². The van der Waals surface area contributed by atoms with E-state index in [9.17, 15) is 15.0 Å². The molecular formula is C23H27NO3. The molecule has 1 saturated heterocycles. The molecule has 4 nitrogen and oxygen atoms in total. The number of amides is 1. The van der Waals surface area contributed by atoms with E-state index in [-0.39, 0.29) is 17.4 Å². The SMILES string of the molecule is C=C/C=C1/C(=O)NC(/C(C=C)=C/C=C(\C)O)(C(/C=C\C(=C)O)=C/C)/C1=C/C. The molecule has 27 heavy (non-hydrogen) atoms. The maximum atomic E-state index is 12.8. The zero-order valence-electron chi connectivity index (χ0n) is 16.1. The lowest BCUT2D eigenvalue weighted by Crippen LogP contribution is -2.45. The minimum atomic E-state index is -1.03. The Kier molecular flexibility index (Phi) is 7.61. The van der Waals surface area contributed by atoms with Crippen molar-refractivity contribution in [3.05, 3.63) is 108 Å². The molecule has 0 aromatic rings. The molecule has 3 N–H and O–H groups in total. The average Bonchev–Trinajstić information content (AvgIpc) is 2.88. The lowest BCUT2D eigenvalue weighted by atomic mass is 9.75. The average molecular weight is 365 g/mol. The molecule has 0 aromatic heterocycles. The van der Waals surface area contributed by atoms with Gasteiger partial charge in [-0.1, -0.05) is 56.2 Å². The highest BCUT2D eigenvalue weighted by molar-refractivity contribution is 6.05. The summed E-state index contributed by atoms with van der Waals surface area (Å²) in [4.78, 5) is 12.8. The van der Waals surface area contributed by atoms with Gasteiger partial charge in [0.1, 0.15) is 11.3 Å². The fourth-order valence-corrected chi connectivity index (χ4v) is 3.09. The van der Waals surface area contributed by atoms with E-state index in [0.717, 1.165) is 5.57 Å². The van der Waals surface area contributed by atoms with Crippen LogP contribution in [-0.2, 0) is 4.79 Å². The highest BCUT2D eigenvalue weighted by Gasteiger charge is 2.48. The summed E-state index contributed by atoms with van der Waals surface area (Å²) in [5.74, 6) is -0.233. The molecule has 1 fully saturated rings. The van der Waals surface area contributed by atoms with Crippen LogP contribution in [0.15, 0.2) is 108 Å². The van der Waals surface area contributed by atoms with E-state index in [1.807, 2.05) is 26.0 Å². The molecule has 1 aliphatic rings. The summed E-state index contributed by atoms with van der Waals surface area (Å²) in [5, 5.41) is 22.1. The van der Waals surface area contributed by atoms with Gasteiger partial charge in [0.05, 0.1) is 5.76 Å². The van der Waals surface area contributed by atoms with E-state index in [4.69, 9.17) is 0 Å². The summed E-state index contributed by atoms with van der Waals surface area (Å²) in [7, 11) is 0. The van der Waals surface area contributed by atoms with Gasteiger partial charge in [-0.15, -0.1) is 0 Å². The second kappa shape index (κ2) is 9.43.